The molecule has 0 N–H and O–H groups in total. The zero-order valence-electron chi connectivity index (χ0n) is 8.28. The van der Waals surface area contributed by atoms with Crippen molar-refractivity contribution in [3.63, 3.8) is 0 Å². The molecule has 0 aliphatic heterocycles. The van der Waals surface area contributed by atoms with E-state index < -0.39 is 0 Å². The normalized spacial score (nSPS) is 25.5. The molecule has 13 heavy (non-hydrogen) atoms. The van der Waals surface area contributed by atoms with Crippen LogP contribution in [-0.4, -0.2) is 0 Å². The zero-order chi connectivity index (χ0) is 8.81. The monoisotopic (exact) mass is 264 g/mol. The van der Waals surface area contributed by atoms with Crippen LogP contribution < -0.4 is 0 Å². The summed E-state index contributed by atoms with van der Waals surface area (Å²) >= 11 is 0. The standard InChI is InChI=1S/C12H18.Ru/c1-3-11(2)12-9-7-5-4-6-8-10-12;/h3,5,7,9,11H,1,4,6,8,10H2,2H3;/b7-5-,12-9+;. The number of hydrogen-bond acceptors (Lipinski definition) is 0. The number of hydrogen-bond donors (Lipinski definition) is 0. The summed E-state index contributed by atoms with van der Waals surface area (Å²) < 4.78 is 0. The third kappa shape index (κ3) is 4.57. The molecule has 0 radical (unpaired) electrons. The molecule has 0 aromatic rings. The van der Waals surface area contributed by atoms with Gasteiger partial charge in [0.1, 0.15) is 0 Å². The molecule has 1 heteroatoms. The summed E-state index contributed by atoms with van der Waals surface area (Å²) in [5.41, 5.74) is 1.53. The topological polar surface area (TPSA) is 0 Å². The molecule has 0 nitrogen and oxygen atoms in total. The van der Waals surface area contributed by atoms with E-state index in [9.17, 15) is 0 Å². The molecule has 74 valence electrons. The molecular formula is C12H18Ru. The van der Waals surface area contributed by atoms with Crippen molar-refractivity contribution in [2.24, 2.45) is 5.92 Å². The van der Waals surface area contributed by atoms with Crippen molar-refractivity contribution in [1.82, 2.24) is 0 Å². The van der Waals surface area contributed by atoms with Gasteiger partial charge in [0.05, 0.1) is 0 Å². The molecule has 1 aliphatic carbocycles. The fraction of sp³-hybridized carbons (Fsp3) is 0.500. The molecule has 0 saturated heterocycles. The van der Waals surface area contributed by atoms with E-state index >= 15 is 0 Å². The van der Waals surface area contributed by atoms with Crippen LogP contribution in [0.2, 0.25) is 0 Å². The third-order valence-corrected chi connectivity index (χ3v) is 2.47. The molecule has 0 fully saturated rings. The molecule has 0 aromatic carbocycles. The summed E-state index contributed by atoms with van der Waals surface area (Å²) in [6, 6.07) is 0. The largest absolute Gasteiger partial charge is 0.102 e. The van der Waals surface area contributed by atoms with Crippen molar-refractivity contribution >= 4 is 0 Å². The third-order valence-electron chi connectivity index (χ3n) is 2.47. The maximum absolute atomic E-state index is 3.82. The van der Waals surface area contributed by atoms with Gasteiger partial charge < -0.3 is 0 Å². The van der Waals surface area contributed by atoms with E-state index in [0.717, 1.165) is 0 Å². The maximum atomic E-state index is 3.82. The van der Waals surface area contributed by atoms with Crippen LogP contribution in [0.15, 0.2) is 36.5 Å². The van der Waals surface area contributed by atoms with E-state index in [2.05, 4.69) is 31.7 Å². The molecule has 1 aliphatic rings. The Morgan fingerprint density at radius 2 is 2.23 bits per heavy atom. The average Bonchev–Trinajstić information content (AvgIpc) is 2.02. The fourth-order valence-corrected chi connectivity index (χ4v) is 1.49. The smallest absolute Gasteiger partial charge is 0 e. The van der Waals surface area contributed by atoms with Gasteiger partial charge in [0.25, 0.3) is 0 Å². The van der Waals surface area contributed by atoms with Crippen molar-refractivity contribution in [3.8, 4) is 0 Å². The van der Waals surface area contributed by atoms with Crippen molar-refractivity contribution in [3.05, 3.63) is 36.5 Å². The van der Waals surface area contributed by atoms with Gasteiger partial charge in [-0.05, 0) is 31.6 Å². The summed E-state index contributed by atoms with van der Waals surface area (Å²) in [6.07, 6.45) is 13.9. The molecule has 0 bridgehead atoms. The summed E-state index contributed by atoms with van der Waals surface area (Å²) in [6.45, 7) is 6.04. The summed E-state index contributed by atoms with van der Waals surface area (Å²) in [5.74, 6) is 0.549. The van der Waals surface area contributed by atoms with Gasteiger partial charge in [0, 0.05) is 19.5 Å². The second-order valence-electron chi connectivity index (χ2n) is 3.44. The van der Waals surface area contributed by atoms with E-state index in [1.807, 2.05) is 6.08 Å². The van der Waals surface area contributed by atoms with Crippen LogP contribution in [0.1, 0.15) is 32.6 Å². The van der Waals surface area contributed by atoms with Gasteiger partial charge in [-0.15, -0.1) is 6.58 Å². The Balaban J connectivity index is 0.00000144. The Morgan fingerprint density at radius 1 is 1.46 bits per heavy atom. The van der Waals surface area contributed by atoms with Crippen LogP contribution in [0, 0.1) is 5.92 Å². The van der Waals surface area contributed by atoms with E-state index in [1.165, 1.54) is 31.3 Å². The van der Waals surface area contributed by atoms with Crippen LogP contribution in [0.25, 0.3) is 0 Å². The van der Waals surface area contributed by atoms with Gasteiger partial charge in [-0.25, -0.2) is 0 Å². The Hall–Kier alpha value is -0.157. The summed E-state index contributed by atoms with van der Waals surface area (Å²) in [4.78, 5) is 0. The van der Waals surface area contributed by atoms with Crippen molar-refractivity contribution in [1.29, 1.82) is 0 Å². The Bertz CT molecular complexity index is 201. The SMILES string of the molecule is C=CC(C)/C1=C/C=C\CCCC1.[Ru]. The minimum absolute atomic E-state index is 0. The molecule has 0 spiro atoms. The van der Waals surface area contributed by atoms with Gasteiger partial charge in [-0.1, -0.05) is 36.8 Å². The van der Waals surface area contributed by atoms with Gasteiger partial charge >= 0.3 is 0 Å². The van der Waals surface area contributed by atoms with Gasteiger partial charge in [-0.3, -0.25) is 0 Å². The Kier molecular flexibility index (Phi) is 7.18. The first-order chi connectivity index (χ1) is 5.84. The van der Waals surface area contributed by atoms with Gasteiger partial charge in [-0.2, -0.15) is 0 Å². The fourth-order valence-electron chi connectivity index (χ4n) is 1.49. The quantitative estimate of drug-likeness (QED) is 0.524. The molecule has 1 unspecified atom stereocenters. The number of allylic oxidation sites excluding steroid dienone is 5. The van der Waals surface area contributed by atoms with Gasteiger partial charge in [0.15, 0.2) is 0 Å². The van der Waals surface area contributed by atoms with Crippen LogP contribution >= 0.6 is 0 Å². The van der Waals surface area contributed by atoms with Gasteiger partial charge in [0.2, 0.25) is 0 Å². The molecule has 0 amide bonds. The first-order valence-electron chi connectivity index (χ1n) is 4.82. The number of rotatable bonds is 2. The second kappa shape index (κ2) is 7.27. The van der Waals surface area contributed by atoms with Crippen LogP contribution in [0.5, 0.6) is 0 Å². The zero-order valence-corrected chi connectivity index (χ0v) is 10.0. The molecule has 1 rings (SSSR count). The van der Waals surface area contributed by atoms with Crippen LogP contribution in [0.4, 0.5) is 0 Å². The maximum Gasteiger partial charge on any atom is 0 e. The molecule has 0 heterocycles. The molecule has 0 aromatic heterocycles. The van der Waals surface area contributed by atoms with E-state index in [4.69, 9.17) is 0 Å². The molecule has 0 saturated carbocycles. The summed E-state index contributed by atoms with van der Waals surface area (Å²) in [7, 11) is 0. The van der Waals surface area contributed by atoms with E-state index in [-0.39, 0.29) is 19.5 Å². The van der Waals surface area contributed by atoms with E-state index in [1.54, 1.807) is 0 Å². The first-order valence-corrected chi connectivity index (χ1v) is 4.82. The van der Waals surface area contributed by atoms with Crippen molar-refractivity contribution in [2.75, 3.05) is 0 Å². The predicted molar refractivity (Wildman–Crippen MR) is 55.1 cm³/mol. The summed E-state index contributed by atoms with van der Waals surface area (Å²) in [5, 5.41) is 0. The molecular weight excluding hydrogens is 245 g/mol. The average molecular weight is 263 g/mol. The predicted octanol–water partition coefficient (Wildman–Crippen LogP) is 3.86. The second-order valence-corrected chi connectivity index (χ2v) is 3.44. The minimum atomic E-state index is 0. The first kappa shape index (κ1) is 12.8. The van der Waals surface area contributed by atoms with Crippen molar-refractivity contribution in [2.45, 2.75) is 32.6 Å². The van der Waals surface area contributed by atoms with E-state index in [0.29, 0.717) is 5.92 Å². The van der Waals surface area contributed by atoms with Crippen LogP contribution in [0.3, 0.4) is 0 Å². The Morgan fingerprint density at radius 3 is 2.92 bits per heavy atom. The minimum Gasteiger partial charge on any atom is -0.102 e. The molecule has 1 atom stereocenters. The van der Waals surface area contributed by atoms with Crippen LogP contribution in [-0.2, 0) is 19.5 Å². The van der Waals surface area contributed by atoms with Crippen molar-refractivity contribution < 1.29 is 19.5 Å². The Labute approximate surface area is 94.6 Å².